The monoisotopic (exact) mass is 297 g/mol. The van der Waals surface area contributed by atoms with Crippen molar-refractivity contribution in [3.05, 3.63) is 59.0 Å². The van der Waals surface area contributed by atoms with Crippen molar-refractivity contribution < 1.29 is 0 Å². The maximum atomic E-state index is 6.08. The molecule has 1 unspecified atom stereocenters. The van der Waals surface area contributed by atoms with Crippen molar-refractivity contribution in [1.29, 1.82) is 0 Å². The molecule has 3 aromatic rings. The van der Waals surface area contributed by atoms with Crippen LogP contribution in [0.15, 0.2) is 36.5 Å². The Balaban J connectivity index is 1.74. The maximum Gasteiger partial charge on any atom is 0.160 e. The number of benzene rings is 1. The van der Waals surface area contributed by atoms with Crippen molar-refractivity contribution in [2.45, 2.75) is 31.7 Å². The van der Waals surface area contributed by atoms with E-state index < -0.39 is 0 Å². The lowest BCUT2D eigenvalue weighted by Crippen LogP contribution is -2.22. The zero-order valence-corrected chi connectivity index (χ0v) is 12.6. The first-order valence-corrected chi connectivity index (χ1v) is 7.75. The first-order chi connectivity index (χ1) is 10.3. The SMILES string of the molecule is Cc1cnc2c(c1)nc(CCl)n2CC1Cc2ccccc21. The fraction of sp³-hybridized carbons (Fsp3) is 0.294. The average molecular weight is 298 g/mol. The number of hydrogen-bond acceptors (Lipinski definition) is 2. The number of hydrogen-bond donors (Lipinski definition) is 0. The molecule has 2 aromatic heterocycles. The number of nitrogens with zero attached hydrogens (tertiary/aromatic N) is 3. The van der Waals surface area contributed by atoms with Crippen LogP contribution < -0.4 is 0 Å². The van der Waals surface area contributed by atoms with Gasteiger partial charge in [-0.25, -0.2) is 9.97 Å². The molecule has 1 aromatic carbocycles. The van der Waals surface area contributed by atoms with E-state index in [-0.39, 0.29) is 0 Å². The smallest absolute Gasteiger partial charge is 0.160 e. The summed E-state index contributed by atoms with van der Waals surface area (Å²) in [5.74, 6) is 1.88. The minimum atomic E-state index is 0.420. The fourth-order valence-corrected chi connectivity index (χ4v) is 3.40. The van der Waals surface area contributed by atoms with Crippen LogP contribution in [0.5, 0.6) is 0 Å². The lowest BCUT2D eigenvalue weighted by atomic mass is 9.77. The van der Waals surface area contributed by atoms with Crippen LogP contribution in [0.25, 0.3) is 11.2 Å². The van der Waals surface area contributed by atoms with Crippen LogP contribution in [-0.4, -0.2) is 14.5 Å². The quantitative estimate of drug-likeness (QED) is 0.688. The zero-order valence-electron chi connectivity index (χ0n) is 11.9. The van der Waals surface area contributed by atoms with Crippen molar-refractivity contribution in [1.82, 2.24) is 14.5 Å². The second-order valence-corrected chi connectivity index (χ2v) is 5.99. The third-order valence-corrected chi connectivity index (χ3v) is 4.52. The van der Waals surface area contributed by atoms with E-state index in [1.54, 1.807) is 0 Å². The first kappa shape index (κ1) is 12.8. The summed E-state index contributed by atoms with van der Waals surface area (Å²) >= 11 is 6.08. The molecule has 0 radical (unpaired) electrons. The molecule has 0 aliphatic heterocycles. The Labute approximate surface area is 128 Å². The number of aromatic nitrogens is 3. The molecule has 4 rings (SSSR count). The maximum absolute atomic E-state index is 6.08. The summed E-state index contributed by atoms with van der Waals surface area (Å²) in [6, 6.07) is 10.7. The molecule has 1 aliphatic rings. The van der Waals surface area contributed by atoms with E-state index in [0.717, 1.165) is 35.5 Å². The largest absolute Gasteiger partial charge is 0.311 e. The minimum absolute atomic E-state index is 0.420. The minimum Gasteiger partial charge on any atom is -0.311 e. The van der Waals surface area contributed by atoms with E-state index in [2.05, 4.69) is 44.9 Å². The number of alkyl halides is 1. The highest BCUT2D eigenvalue weighted by Gasteiger charge is 2.27. The van der Waals surface area contributed by atoms with Crippen molar-refractivity contribution in [3.8, 4) is 0 Å². The van der Waals surface area contributed by atoms with Gasteiger partial charge in [-0.3, -0.25) is 0 Å². The Morgan fingerprint density at radius 3 is 3.00 bits per heavy atom. The van der Waals surface area contributed by atoms with Gasteiger partial charge in [0, 0.05) is 18.7 Å². The van der Waals surface area contributed by atoms with Gasteiger partial charge < -0.3 is 4.57 Å². The Bertz CT molecular complexity index is 822. The molecule has 0 saturated carbocycles. The highest BCUT2D eigenvalue weighted by Crippen LogP contribution is 2.36. The van der Waals surface area contributed by atoms with Gasteiger partial charge in [-0.2, -0.15) is 0 Å². The highest BCUT2D eigenvalue weighted by atomic mass is 35.5. The number of aryl methyl sites for hydroxylation is 1. The van der Waals surface area contributed by atoms with Crippen molar-refractivity contribution in [3.63, 3.8) is 0 Å². The summed E-state index contributed by atoms with van der Waals surface area (Å²) in [5.41, 5.74) is 5.93. The lowest BCUT2D eigenvalue weighted by molar-refractivity contribution is 0.506. The van der Waals surface area contributed by atoms with Crippen LogP contribution in [0.1, 0.15) is 28.4 Å². The molecule has 4 heteroatoms. The third-order valence-electron chi connectivity index (χ3n) is 4.28. The Hall–Kier alpha value is -1.87. The van der Waals surface area contributed by atoms with E-state index in [1.165, 1.54) is 11.1 Å². The van der Waals surface area contributed by atoms with E-state index >= 15 is 0 Å². The van der Waals surface area contributed by atoms with Gasteiger partial charge in [0.05, 0.1) is 5.88 Å². The van der Waals surface area contributed by atoms with Gasteiger partial charge in [0.1, 0.15) is 11.3 Å². The Morgan fingerprint density at radius 1 is 1.33 bits per heavy atom. The van der Waals surface area contributed by atoms with Gasteiger partial charge in [0.2, 0.25) is 0 Å². The molecule has 2 heterocycles. The zero-order chi connectivity index (χ0) is 14.4. The highest BCUT2D eigenvalue weighted by molar-refractivity contribution is 6.16. The van der Waals surface area contributed by atoms with E-state index in [9.17, 15) is 0 Å². The number of fused-ring (bicyclic) bond motifs is 2. The van der Waals surface area contributed by atoms with Gasteiger partial charge in [0.25, 0.3) is 0 Å². The normalized spacial score (nSPS) is 16.8. The number of pyridine rings is 1. The van der Waals surface area contributed by atoms with Gasteiger partial charge in [-0.1, -0.05) is 24.3 Å². The van der Waals surface area contributed by atoms with Gasteiger partial charge in [-0.15, -0.1) is 11.6 Å². The van der Waals surface area contributed by atoms with Crippen LogP contribution in [0, 0.1) is 6.92 Å². The van der Waals surface area contributed by atoms with Crippen LogP contribution >= 0.6 is 11.6 Å². The van der Waals surface area contributed by atoms with E-state index in [1.807, 2.05) is 13.1 Å². The van der Waals surface area contributed by atoms with Gasteiger partial charge >= 0.3 is 0 Å². The number of halogens is 1. The van der Waals surface area contributed by atoms with E-state index in [0.29, 0.717) is 11.8 Å². The van der Waals surface area contributed by atoms with Crippen LogP contribution in [-0.2, 0) is 18.8 Å². The molecule has 0 amide bonds. The molecule has 0 bridgehead atoms. The second kappa shape index (κ2) is 4.85. The van der Waals surface area contributed by atoms with Crippen LogP contribution in [0.3, 0.4) is 0 Å². The summed E-state index contributed by atoms with van der Waals surface area (Å²) in [6.45, 7) is 2.94. The average Bonchev–Trinajstić information content (AvgIpc) is 2.81. The number of rotatable bonds is 3. The van der Waals surface area contributed by atoms with Crippen molar-refractivity contribution in [2.75, 3.05) is 0 Å². The van der Waals surface area contributed by atoms with Crippen molar-refractivity contribution >= 4 is 22.8 Å². The molecule has 0 fully saturated rings. The van der Waals surface area contributed by atoms with Crippen LogP contribution in [0.2, 0.25) is 0 Å². The molecular formula is C17H16ClN3. The summed E-state index contributed by atoms with van der Waals surface area (Å²) in [5, 5.41) is 0. The molecule has 0 saturated heterocycles. The molecule has 3 nitrogen and oxygen atoms in total. The molecule has 1 aliphatic carbocycles. The summed E-state index contributed by atoms with van der Waals surface area (Å²) < 4.78 is 2.18. The van der Waals surface area contributed by atoms with Crippen LogP contribution in [0.4, 0.5) is 0 Å². The lowest BCUT2D eigenvalue weighted by Gasteiger charge is -2.30. The number of imidazole rings is 1. The Morgan fingerprint density at radius 2 is 2.19 bits per heavy atom. The molecule has 0 N–H and O–H groups in total. The van der Waals surface area contributed by atoms with Crippen molar-refractivity contribution in [2.24, 2.45) is 0 Å². The second-order valence-electron chi connectivity index (χ2n) is 5.73. The van der Waals surface area contributed by atoms with Gasteiger partial charge in [-0.05, 0) is 36.1 Å². The molecule has 0 spiro atoms. The standard InChI is InChI=1S/C17H16ClN3/c1-11-6-15-17(19-9-11)21(16(8-18)20-15)10-13-7-12-4-2-3-5-14(12)13/h2-6,9,13H,7-8,10H2,1H3. The molecule has 21 heavy (non-hydrogen) atoms. The summed E-state index contributed by atoms with van der Waals surface area (Å²) in [4.78, 5) is 9.19. The van der Waals surface area contributed by atoms with E-state index in [4.69, 9.17) is 11.6 Å². The predicted octanol–water partition coefficient (Wildman–Crippen LogP) is 3.82. The third kappa shape index (κ3) is 2.04. The molecular weight excluding hydrogens is 282 g/mol. The Kier molecular flexibility index (Phi) is 2.96. The van der Waals surface area contributed by atoms with Gasteiger partial charge in [0.15, 0.2) is 5.65 Å². The topological polar surface area (TPSA) is 30.7 Å². The molecule has 1 atom stereocenters. The summed E-state index contributed by atoms with van der Waals surface area (Å²) in [6.07, 6.45) is 3.02. The molecule has 106 valence electrons. The summed E-state index contributed by atoms with van der Waals surface area (Å²) in [7, 11) is 0. The fourth-order valence-electron chi connectivity index (χ4n) is 3.20. The predicted molar refractivity (Wildman–Crippen MR) is 84.7 cm³/mol. The first-order valence-electron chi connectivity index (χ1n) is 7.22.